The predicted molar refractivity (Wildman–Crippen MR) is 88.3 cm³/mol. The highest BCUT2D eigenvalue weighted by Crippen LogP contribution is 2.24. The number of ether oxygens (including phenoxy) is 1. The highest BCUT2D eigenvalue weighted by molar-refractivity contribution is 5.87. The van der Waals surface area contributed by atoms with Crippen LogP contribution in [0.25, 0.3) is 22.3 Å². The normalized spacial score (nSPS) is 16.7. The first-order valence-corrected chi connectivity index (χ1v) is 7.73. The van der Waals surface area contributed by atoms with Crippen LogP contribution in [0.1, 0.15) is 13.8 Å². The maximum atomic E-state index is 12.8. The molecule has 0 spiro atoms. The van der Waals surface area contributed by atoms with Crippen LogP contribution in [0, 0.1) is 0 Å². The van der Waals surface area contributed by atoms with Crippen LogP contribution in [0.4, 0.5) is 4.79 Å². The molecule has 0 bridgehead atoms. The summed E-state index contributed by atoms with van der Waals surface area (Å²) in [4.78, 5) is 18.8. The van der Waals surface area contributed by atoms with Crippen molar-refractivity contribution in [2.24, 2.45) is 0 Å². The van der Waals surface area contributed by atoms with Gasteiger partial charge in [-0.15, -0.1) is 9.78 Å². The van der Waals surface area contributed by atoms with Crippen molar-refractivity contribution >= 4 is 17.2 Å². The van der Waals surface area contributed by atoms with Gasteiger partial charge in [0.1, 0.15) is 12.2 Å². The van der Waals surface area contributed by atoms with E-state index in [9.17, 15) is 4.79 Å². The second-order valence-electron chi connectivity index (χ2n) is 6.43. The van der Waals surface area contributed by atoms with Gasteiger partial charge in [0.25, 0.3) is 0 Å². The molecule has 0 unspecified atom stereocenters. The van der Waals surface area contributed by atoms with E-state index in [-0.39, 0.29) is 18.3 Å². The number of aromatic nitrogens is 4. The van der Waals surface area contributed by atoms with Crippen LogP contribution in [-0.2, 0) is 4.74 Å². The molecule has 1 fully saturated rings. The van der Waals surface area contributed by atoms with Gasteiger partial charge >= 0.3 is 6.03 Å². The van der Waals surface area contributed by atoms with E-state index in [0.29, 0.717) is 17.8 Å². The van der Waals surface area contributed by atoms with Gasteiger partial charge in [-0.05, 0) is 25.5 Å². The van der Waals surface area contributed by atoms with E-state index in [1.54, 1.807) is 11.1 Å². The molecule has 7 nitrogen and oxygen atoms in total. The summed E-state index contributed by atoms with van der Waals surface area (Å²) >= 11 is 0. The first kappa shape index (κ1) is 14.8. The van der Waals surface area contributed by atoms with Gasteiger partial charge in [0.05, 0.1) is 12.1 Å². The smallest absolute Gasteiger partial charge is 0.350 e. The first-order valence-electron chi connectivity index (χ1n) is 7.73. The Bertz CT molecular complexity index is 904. The maximum absolute atomic E-state index is 12.8. The van der Waals surface area contributed by atoms with Gasteiger partial charge in [-0.3, -0.25) is 4.90 Å². The zero-order valence-corrected chi connectivity index (χ0v) is 13.5. The van der Waals surface area contributed by atoms with Gasteiger partial charge in [0, 0.05) is 11.8 Å². The molecule has 0 aliphatic carbocycles. The van der Waals surface area contributed by atoms with Crippen molar-refractivity contribution in [3.63, 3.8) is 0 Å². The molecular weight excluding hydrogens is 306 g/mol. The number of carbonyl (C=O) groups excluding carboxylic acids is 1. The van der Waals surface area contributed by atoms with Crippen molar-refractivity contribution in [3.8, 4) is 11.1 Å². The molecule has 2 aromatic heterocycles. The summed E-state index contributed by atoms with van der Waals surface area (Å²) in [6.45, 7) is 4.65. The minimum atomic E-state index is -0.376. The lowest BCUT2D eigenvalue weighted by Gasteiger charge is -2.28. The second kappa shape index (κ2) is 5.38. The molecule has 1 aliphatic rings. The summed E-state index contributed by atoms with van der Waals surface area (Å²) in [5.41, 5.74) is 2.64. The van der Waals surface area contributed by atoms with Crippen molar-refractivity contribution in [3.05, 3.63) is 42.6 Å². The van der Waals surface area contributed by atoms with Crippen LogP contribution >= 0.6 is 0 Å². The van der Waals surface area contributed by atoms with Crippen LogP contribution in [0.5, 0.6) is 0 Å². The predicted octanol–water partition coefficient (Wildman–Crippen LogP) is 2.53. The Hall–Kier alpha value is -2.80. The van der Waals surface area contributed by atoms with E-state index in [1.807, 2.05) is 50.2 Å². The summed E-state index contributed by atoms with van der Waals surface area (Å²) in [7, 11) is 0. The lowest BCUT2D eigenvalue weighted by molar-refractivity contribution is 0.138. The standard InChI is InChI=1S/C17H17N5O2/c1-17(2)10-24-11-21(17)16(23)22-15-14(19-20-22)8-13(9-18-15)12-6-4-3-5-7-12/h3-9H,10-11H2,1-2H3. The third-order valence-electron chi connectivity index (χ3n) is 4.22. The summed E-state index contributed by atoms with van der Waals surface area (Å²) in [5, 5.41) is 8.10. The number of benzene rings is 1. The largest absolute Gasteiger partial charge is 0.359 e. The Balaban J connectivity index is 1.72. The van der Waals surface area contributed by atoms with Gasteiger partial charge < -0.3 is 4.74 Å². The van der Waals surface area contributed by atoms with E-state index in [4.69, 9.17) is 4.74 Å². The molecular formula is C17H17N5O2. The zero-order valence-electron chi connectivity index (χ0n) is 13.5. The summed E-state index contributed by atoms with van der Waals surface area (Å²) in [6, 6.07) is 11.5. The van der Waals surface area contributed by atoms with Crippen LogP contribution in [0.15, 0.2) is 42.6 Å². The lowest BCUT2D eigenvalue weighted by atomic mass is 10.1. The SMILES string of the molecule is CC1(C)COCN1C(=O)n1nnc2cc(-c3ccccc3)cnc21. The van der Waals surface area contributed by atoms with Gasteiger partial charge in [-0.2, -0.15) is 0 Å². The first-order chi connectivity index (χ1) is 11.6. The molecule has 0 saturated carbocycles. The molecule has 122 valence electrons. The van der Waals surface area contributed by atoms with E-state index in [1.165, 1.54) is 4.68 Å². The third kappa shape index (κ3) is 2.33. The maximum Gasteiger partial charge on any atom is 0.350 e. The fraction of sp³-hybridized carbons (Fsp3) is 0.294. The molecule has 3 aromatic rings. The Morgan fingerprint density at radius 3 is 2.71 bits per heavy atom. The van der Waals surface area contributed by atoms with Crippen molar-refractivity contribution in [1.29, 1.82) is 0 Å². The molecule has 1 saturated heterocycles. The van der Waals surface area contributed by atoms with Crippen molar-refractivity contribution < 1.29 is 9.53 Å². The molecule has 24 heavy (non-hydrogen) atoms. The fourth-order valence-electron chi connectivity index (χ4n) is 2.80. The topological polar surface area (TPSA) is 73.1 Å². The van der Waals surface area contributed by atoms with Crippen molar-refractivity contribution in [2.45, 2.75) is 19.4 Å². The minimum Gasteiger partial charge on any atom is -0.359 e. The number of amides is 1. The van der Waals surface area contributed by atoms with E-state index in [2.05, 4.69) is 15.3 Å². The van der Waals surface area contributed by atoms with E-state index < -0.39 is 0 Å². The van der Waals surface area contributed by atoms with Gasteiger partial charge in [-0.25, -0.2) is 9.78 Å². The van der Waals surface area contributed by atoms with Crippen LogP contribution in [0.2, 0.25) is 0 Å². The van der Waals surface area contributed by atoms with Crippen LogP contribution < -0.4 is 0 Å². The highest BCUT2D eigenvalue weighted by Gasteiger charge is 2.38. The second-order valence-corrected chi connectivity index (χ2v) is 6.43. The summed E-state index contributed by atoms with van der Waals surface area (Å²) in [5.74, 6) is 0. The highest BCUT2D eigenvalue weighted by atomic mass is 16.5. The quantitative estimate of drug-likeness (QED) is 0.688. The molecule has 7 heteroatoms. The van der Waals surface area contributed by atoms with Gasteiger partial charge in [0.15, 0.2) is 5.65 Å². The minimum absolute atomic E-state index is 0.245. The van der Waals surface area contributed by atoms with Crippen LogP contribution in [-0.4, -0.2) is 49.8 Å². The molecule has 0 N–H and O–H groups in total. The summed E-state index contributed by atoms with van der Waals surface area (Å²) in [6.07, 6.45) is 1.73. The zero-order chi connectivity index (χ0) is 16.7. The molecule has 1 aromatic carbocycles. The average Bonchev–Trinajstić information content (AvgIpc) is 3.17. The van der Waals surface area contributed by atoms with Crippen LogP contribution in [0.3, 0.4) is 0 Å². The average molecular weight is 323 g/mol. The molecule has 0 atom stereocenters. The molecule has 4 rings (SSSR count). The lowest BCUT2D eigenvalue weighted by Crippen LogP contribution is -2.46. The molecule has 1 aliphatic heterocycles. The van der Waals surface area contributed by atoms with Gasteiger partial charge in [-0.1, -0.05) is 35.5 Å². The third-order valence-corrected chi connectivity index (χ3v) is 4.22. The Labute approximate surface area is 138 Å². The monoisotopic (exact) mass is 323 g/mol. The Morgan fingerprint density at radius 1 is 1.21 bits per heavy atom. The molecule has 0 radical (unpaired) electrons. The van der Waals surface area contributed by atoms with Crippen molar-refractivity contribution in [1.82, 2.24) is 24.9 Å². The number of nitrogens with zero attached hydrogens (tertiary/aromatic N) is 5. The number of rotatable bonds is 1. The van der Waals surface area contributed by atoms with Crippen molar-refractivity contribution in [2.75, 3.05) is 13.3 Å². The summed E-state index contributed by atoms with van der Waals surface area (Å²) < 4.78 is 6.64. The fourth-order valence-corrected chi connectivity index (χ4v) is 2.80. The number of carbonyl (C=O) groups is 1. The number of pyridine rings is 1. The Kier molecular flexibility index (Phi) is 3.31. The van der Waals surface area contributed by atoms with Gasteiger partial charge in [0.2, 0.25) is 0 Å². The van der Waals surface area contributed by atoms with E-state index in [0.717, 1.165) is 11.1 Å². The van der Waals surface area contributed by atoms with E-state index >= 15 is 0 Å². The number of hydrogen-bond donors (Lipinski definition) is 0. The molecule has 1 amide bonds. The number of fused-ring (bicyclic) bond motifs is 1. The Morgan fingerprint density at radius 2 is 2.00 bits per heavy atom. The number of hydrogen-bond acceptors (Lipinski definition) is 5. The molecule has 3 heterocycles.